The van der Waals surface area contributed by atoms with Crippen molar-refractivity contribution in [1.29, 1.82) is 0 Å². The molecule has 0 aliphatic carbocycles. The van der Waals surface area contributed by atoms with Gasteiger partial charge in [0.05, 0.1) is 5.56 Å². The number of aldehydes is 1. The molecule has 0 saturated heterocycles. The number of carbonyl (C=O) groups excluding carboxylic acids is 1. The van der Waals surface area contributed by atoms with E-state index in [9.17, 15) is 18.0 Å². The molecule has 0 aliphatic heterocycles. The van der Waals surface area contributed by atoms with Gasteiger partial charge in [0.1, 0.15) is 6.29 Å². The van der Waals surface area contributed by atoms with E-state index in [-0.39, 0.29) is 0 Å². The fourth-order valence-electron chi connectivity index (χ4n) is 1.14. The monoisotopic (exact) mass is 214 g/mol. The van der Waals surface area contributed by atoms with Crippen LogP contribution in [-0.2, 0) is 11.0 Å². The minimum Gasteiger partial charge on any atom is -0.299 e. The molecule has 1 aromatic rings. The Morgan fingerprint density at radius 3 is 2.53 bits per heavy atom. The van der Waals surface area contributed by atoms with Gasteiger partial charge in [0.25, 0.3) is 0 Å². The summed E-state index contributed by atoms with van der Waals surface area (Å²) in [6, 6.07) is 4.87. The second-order valence-corrected chi connectivity index (χ2v) is 3.06. The van der Waals surface area contributed by atoms with Gasteiger partial charge in [-0.3, -0.25) is 4.79 Å². The van der Waals surface area contributed by atoms with Gasteiger partial charge in [0.15, 0.2) is 0 Å². The number of carbonyl (C=O) groups is 1. The lowest BCUT2D eigenvalue weighted by molar-refractivity contribution is -0.137. The van der Waals surface area contributed by atoms with Crippen LogP contribution in [0.5, 0.6) is 0 Å². The highest BCUT2D eigenvalue weighted by Crippen LogP contribution is 2.30. The van der Waals surface area contributed by atoms with Crippen molar-refractivity contribution in [3.63, 3.8) is 0 Å². The molecular formula is C11H9F3O. The summed E-state index contributed by atoms with van der Waals surface area (Å²) < 4.78 is 37.0. The van der Waals surface area contributed by atoms with Crippen LogP contribution < -0.4 is 0 Å². The second-order valence-electron chi connectivity index (χ2n) is 3.06. The first-order valence-electron chi connectivity index (χ1n) is 4.25. The fourth-order valence-corrected chi connectivity index (χ4v) is 1.14. The van der Waals surface area contributed by atoms with Gasteiger partial charge < -0.3 is 0 Å². The van der Waals surface area contributed by atoms with Gasteiger partial charge in [0.2, 0.25) is 0 Å². The van der Waals surface area contributed by atoms with Gasteiger partial charge in [-0.2, -0.15) is 13.2 Å². The van der Waals surface area contributed by atoms with Crippen LogP contribution in [0.25, 0.3) is 5.57 Å². The van der Waals surface area contributed by atoms with Crippen molar-refractivity contribution < 1.29 is 18.0 Å². The van der Waals surface area contributed by atoms with Crippen molar-refractivity contribution in [1.82, 2.24) is 0 Å². The standard InChI is InChI=1S/C11H9F3O/c1-8(5-6-15)9-3-2-4-10(7-9)11(12,13)14/h2-7H,1H3/b8-5-. The van der Waals surface area contributed by atoms with E-state index in [2.05, 4.69) is 0 Å². The number of rotatable bonds is 2. The molecule has 0 heterocycles. The van der Waals surface area contributed by atoms with Gasteiger partial charge in [0, 0.05) is 0 Å². The zero-order chi connectivity index (χ0) is 11.5. The predicted molar refractivity (Wildman–Crippen MR) is 51.2 cm³/mol. The minimum atomic E-state index is -4.35. The van der Waals surface area contributed by atoms with Crippen LogP contribution in [0.1, 0.15) is 18.1 Å². The first-order valence-corrected chi connectivity index (χ1v) is 4.25. The third-order valence-corrected chi connectivity index (χ3v) is 1.96. The number of allylic oxidation sites excluding steroid dienone is 2. The lowest BCUT2D eigenvalue weighted by Crippen LogP contribution is -2.04. The Labute approximate surface area is 85.2 Å². The molecule has 0 aliphatic rings. The molecular weight excluding hydrogens is 205 g/mol. The van der Waals surface area contributed by atoms with Gasteiger partial charge in [-0.05, 0) is 36.3 Å². The van der Waals surface area contributed by atoms with Crippen LogP contribution in [0.3, 0.4) is 0 Å². The van der Waals surface area contributed by atoms with Gasteiger partial charge >= 0.3 is 6.18 Å². The third kappa shape index (κ3) is 2.94. The van der Waals surface area contributed by atoms with Crippen molar-refractivity contribution in [3.8, 4) is 0 Å². The van der Waals surface area contributed by atoms with Crippen molar-refractivity contribution >= 4 is 11.9 Å². The average Bonchev–Trinajstić information content (AvgIpc) is 2.17. The highest BCUT2D eigenvalue weighted by atomic mass is 19.4. The Morgan fingerprint density at radius 1 is 1.33 bits per heavy atom. The summed E-state index contributed by atoms with van der Waals surface area (Å²) in [5.74, 6) is 0. The van der Waals surface area contributed by atoms with Gasteiger partial charge in [-0.25, -0.2) is 0 Å². The van der Waals surface area contributed by atoms with E-state index in [1.807, 2.05) is 0 Å². The van der Waals surface area contributed by atoms with E-state index in [0.717, 1.165) is 12.1 Å². The summed E-state index contributed by atoms with van der Waals surface area (Å²) in [5, 5.41) is 0. The quantitative estimate of drug-likeness (QED) is 0.545. The number of benzene rings is 1. The smallest absolute Gasteiger partial charge is 0.299 e. The predicted octanol–water partition coefficient (Wildman–Crippen LogP) is 3.31. The highest BCUT2D eigenvalue weighted by molar-refractivity contribution is 5.80. The highest BCUT2D eigenvalue weighted by Gasteiger charge is 2.30. The first-order chi connectivity index (χ1) is 6.95. The van der Waals surface area contributed by atoms with Crippen LogP contribution in [-0.4, -0.2) is 6.29 Å². The topological polar surface area (TPSA) is 17.1 Å². The molecule has 1 nitrogen and oxygen atoms in total. The van der Waals surface area contributed by atoms with E-state index < -0.39 is 11.7 Å². The Morgan fingerprint density at radius 2 is 2.00 bits per heavy atom. The Balaban J connectivity index is 3.14. The van der Waals surface area contributed by atoms with Crippen LogP contribution in [0.15, 0.2) is 30.3 Å². The van der Waals surface area contributed by atoms with Gasteiger partial charge in [-0.15, -0.1) is 0 Å². The molecule has 0 bridgehead atoms. The molecule has 80 valence electrons. The van der Waals surface area contributed by atoms with Crippen molar-refractivity contribution in [2.24, 2.45) is 0 Å². The molecule has 4 heteroatoms. The molecule has 0 radical (unpaired) electrons. The summed E-state index contributed by atoms with van der Waals surface area (Å²) >= 11 is 0. The summed E-state index contributed by atoms with van der Waals surface area (Å²) in [5.41, 5.74) is 0.201. The van der Waals surface area contributed by atoms with Crippen LogP contribution >= 0.6 is 0 Å². The number of halogens is 3. The molecule has 1 rings (SSSR count). The Kier molecular flexibility index (Phi) is 3.29. The maximum Gasteiger partial charge on any atom is 0.416 e. The first kappa shape index (κ1) is 11.5. The summed E-state index contributed by atoms with van der Waals surface area (Å²) in [4.78, 5) is 10.2. The summed E-state index contributed by atoms with van der Waals surface area (Å²) in [6.45, 7) is 1.59. The van der Waals surface area contributed by atoms with Gasteiger partial charge in [-0.1, -0.05) is 12.1 Å². The summed E-state index contributed by atoms with van der Waals surface area (Å²) in [6.07, 6.45) is -2.57. The zero-order valence-corrected chi connectivity index (χ0v) is 8.01. The molecule has 0 spiro atoms. The molecule has 15 heavy (non-hydrogen) atoms. The molecule has 0 aromatic heterocycles. The largest absolute Gasteiger partial charge is 0.416 e. The van der Waals surface area contributed by atoms with E-state index >= 15 is 0 Å². The van der Waals surface area contributed by atoms with Crippen LogP contribution in [0, 0.1) is 0 Å². The fraction of sp³-hybridized carbons (Fsp3) is 0.182. The maximum absolute atomic E-state index is 12.3. The second kappa shape index (κ2) is 4.29. The molecule has 0 N–H and O–H groups in total. The average molecular weight is 214 g/mol. The minimum absolute atomic E-state index is 0.400. The molecule has 0 fully saturated rings. The zero-order valence-electron chi connectivity index (χ0n) is 8.01. The van der Waals surface area contributed by atoms with Crippen molar-refractivity contribution in [2.45, 2.75) is 13.1 Å². The van der Waals surface area contributed by atoms with Crippen molar-refractivity contribution in [3.05, 3.63) is 41.5 Å². The van der Waals surface area contributed by atoms with E-state index in [1.54, 1.807) is 6.92 Å². The van der Waals surface area contributed by atoms with E-state index in [1.165, 1.54) is 18.2 Å². The van der Waals surface area contributed by atoms with Crippen LogP contribution in [0.4, 0.5) is 13.2 Å². The molecule has 0 atom stereocenters. The van der Waals surface area contributed by atoms with Crippen LogP contribution in [0.2, 0.25) is 0 Å². The molecule has 0 amide bonds. The SMILES string of the molecule is C/C(=C/C=O)c1cccc(C(F)(F)F)c1. The maximum atomic E-state index is 12.3. The summed E-state index contributed by atoms with van der Waals surface area (Å²) in [7, 11) is 0. The van der Waals surface area contributed by atoms with E-state index in [4.69, 9.17) is 0 Å². The molecule has 0 saturated carbocycles. The number of alkyl halides is 3. The number of hydrogen-bond acceptors (Lipinski definition) is 1. The Hall–Kier alpha value is -1.58. The lowest BCUT2D eigenvalue weighted by atomic mass is 10.0. The normalized spacial score (nSPS) is 12.7. The molecule has 1 aromatic carbocycles. The Bertz CT molecular complexity index is 391. The lowest BCUT2D eigenvalue weighted by Gasteiger charge is -2.08. The number of hydrogen-bond donors (Lipinski definition) is 0. The third-order valence-electron chi connectivity index (χ3n) is 1.96. The van der Waals surface area contributed by atoms with Crippen molar-refractivity contribution in [2.75, 3.05) is 0 Å². The molecule has 0 unspecified atom stereocenters. The van der Waals surface area contributed by atoms with E-state index in [0.29, 0.717) is 17.4 Å².